The Kier molecular flexibility index (Phi) is 3.83. The zero-order valence-electron chi connectivity index (χ0n) is 9.27. The Bertz CT molecular complexity index is 414. The van der Waals surface area contributed by atoms with E-state index in [1.165, 1.54) is 4.90 Å². The van der Waals surface area contributed by atoms with E-state index in [0.717, 1.165) is 11.3 Å². The molecule has 2 amide bonds. The normalized spacial score (nSPS) is 9.94. The van der Waals surface area contributed by atoms with Crippen LogP contribution in [-0.2, 0) is 6.54 Å². The fraction of sp³-hybridized carbons (Fsp3) is 0.444. The van der Waals surface area contributed by atoms with Crippen LogP contribution in [-0.4, -0.2) is 41.1 Å². The molecule has 0 saturated carbocycles. The molecule has 0 spiro atoms. The van der Waals surface area contributed by atoms with Crippen molar-refractivity contribution < 1.29 is 14.7 Å². The molecule has 0 saturated heterocycles. The van der Waals surface area contributed by atoms with Gasteiger partial charge in [-0.3, -0.25) is 0 Å². The van der Waals surface area contributed by atoms with Crippen molar-refractivity contribution in [1.29, 1.82) is 0 Å². The highest BCUT2D eigenvalue weighted by Crippen LogP contribution is 2.17. The van der Waals surface area contributed by atoms with Gasteiger partial charge in [0, 0.05) is 14.1 Å². The van der Waals surface area contributed by atoms with E-state index < -0.39 is 5.97 Å². The van der Waals surface area contributed by atoms with Crippen LogP contribution >= 0.6 is 11.3 Å². The van der Waals surface area contributed by atoms with Crippen LogP contribution in [0.1, 0.15) is 20.4 Å². The first-order valence-corrected chi connectivity index (χ1v) is 5.38. The first kappa shape index (κ1) is 12.4. The number of aromatic carboxylic acids is 1. The summed E-state index contributed by atoms with van der Waals surface area (Å²) in [4.78, 5) is 27.7. The van der Waals surface area contributed by atoms with E-state index >= 15 is 0 Å². The van der Waals surface area contributed by atoms with Gasteiger partial charge < -0.3 is 15.3 Å². The van der Waals surface area contributed by atoms with Crippen molar-refractivity contribution >= 4 is 23.3 Å². The standard InChI is InChI=1S/C9H13N3O3S/c1-5-7(8(13)14)16-6(11-5)4-10-9(15)12(2)3/h4H2,1-3H3,(H,10,15)(H,13,14). The number of hydrogen-bond donors (Lipinski definition) is 2. The Morgan fingerprint density at radius 1 is 1.50 bits per heavy atom. The molecule has 7 heteroatoms. The van der Waals surface area contributed by atoms with Gasteiger partial charge in [-0.1, -0.05) is 0 Å². The van der Waals surface area contributed by atoms with Crippen molar-refractivity contribution in [3.8, 4) is 0 Å². The van der Waals surface area contributed by atoms with Crippen LogP contribution < -0.4 is 5.32 Å². The van der Waals surface area contributed by atoms with E-state index in [1.54, 1.807) is 21.0 Å². The SMILES string of the molecule is Cc1nc(CNC(=O)N(C)C)sc1C(=O)O. The van der Waals surface area contributed by atoms with Gasteiger partial charge in [0.05, 0.1) is 12.2 Å². The summed E-state index contributed by atoms with van der Waals surface area (Å²) in [6.45, 7) is 1.88. The summed E-state index contributed by atoms with van der Waals surface area (Å²) in [5.74, 6) is -0.986. The first-order chi connectivity index (χ1) is 7.41. The van der Waals surface area contributed by atoms with Gasteiger partial charge in [0.2, 0.25) is 0 Å². The van der Waals surface area contributed by atoms with Gasteiger partial charge in [0.25, 0.3) is 0 Å². The zero-order chi connectivity index (χ0) is 12.3. The average molecular weight is 243 g/mol. The van der Waals surface area contributed by atoms with Gasteiger partial charge in [0.15, 0.2) is 0 Å². The van der Waals surface area contributed by atoms with E-state index in [-0.39, 0.29) is 17.5 Å². The largest absolute Gasteiger partial charge is 0.477 e. The summed E-state index contributed by atoms with van der Waals surface area (Å²) in [7, 11) is 3.26. The fourth-order valence-electron chi connectivity index (χ4n) is 1.04. The van der Waals surface area contributed by atoms with Crippen LogP contribution in [0.15, 0.2) is 0 Å². The molecule has 1 aromatic rings. The monoisotopic (exact) mass is 243 g/mol. The summed E-state index contributed by atoms with van der Waals surface area (Å²) in [6.07, 6.45) is 0. The van der Waals surface area contributed by atoms with E-state index in [2.05, 4.69) is 10.3 Å². The molecule has 0 atom stereocenters. The van der Waals surface area contributed by atoms with Gasteiger partial charge in [-0.2, -0.15) is 0 Å². The van der Waals surface area contributed by atoms with Crippen molar-refractivity contribution in [3.05, 3.63) is 15.6 Å². The number of nitrogens with one attached hydrogen (secondary N) is 1. The van der Waals surface area contributed by atoms with Crippen molar-refractivity contribution in [2.75, 3.05) is 14.1 Å². The van der Waals surface area contributed by atoms with Crippen molar-refractivity contribution in [2.45, 2.75) is 13.5 Å². The molecule has 1 heterocycles. The van der Waals surface area contributed by atoms with Crippen LogP contribution in [0.3, 0.4) is 0 Å². The maximum atomic E-state index is 11.2. The number of nitrogens with zero attached hydrogens (tertiary/aromatic N) is 2. The molecule has 0 aliphatic carbocycles. The molecule has 2 N–H and O–H groups in total. The van der Waals surface area contributed by atoms with Crippen LogP contribution in [0.4, 0.5) is 4.79 Å². The molecule has 6 nitrogen and oxygen atoms in total. The number of rotatable bonds is 3. The number of hydrogen-bond acceptors (Lipinski definition) is 4. The van der Waals surface area contributed by atoms with Gasteiger partial charge in [-0.25, -0.2) is 14.6 Å². The lowest BCUT2D eigenvalue weighted by Crippen LogP contribution is -2.33. The second-order valence-corrected chi connectivity index (χ2v) is 4.46. The molecule has 88 valence electrons. The quantitative estimate of drug-likeness (QED) is 0.827. The average Bonchev–Trinajstić information content (AvgIpc) is 2.56. The smallest absolute Gasteiger partial charge is 0.347 e. The third kappa shape index (κ3) is 2.93. The molecule has 16 heavy (non-hydrogen) atoms. The predicted octanol–water partition coefficient (Wildman–Crippen LogP) is 0.921. The van der Waals surface area contributed by atoms with Gasteiger partial charge in [0.1, 0.15) is 9.88 Å². The zero-order valence-corrected chi connectivity index (χ0v) is 10.1. The highest BCUT2D eigenvalue weighted by molar-refractivity contribution is 7.13. The van der Waals surface area contributed by atoms with E-state index in [4.69, 9.17) is 5.11 Å². The number of urea groups is 1. The molecule has 1 aromatic heterocycles. The number of carboxylic acid groups (broad SMARTS) is 1. The number of aromatic nitrogens is 1. The van der Waals surface area contributed by atoms with E-state index in [0.29, 0.717) is 10.7 Å². The lowest BCUT2D eigenvalue weighted by Gasteiger charge is -2.10. The Labute approximate surface area is 96.9 Å². The Balaban J connectivity index is 2.65. The third-order valence-corrected chi connectivity index (χ3v) is 2.98. The topological polar surface area (TPSA) is 82.5 Å². The highest BCUT2D eigenvalue weighted by atomic mass is 32.1. The number of carboxylic acids is 1. The number of amides is 2. The molecule has 0 fully saturated rings. The lowest BCUT2D eigenvalue weighted by atomic mass is 10.4. The number of aryl methyl sites for hydroxylation is 1. The summed E-state index contributed by atoms with van der Waals surface area (Å²) in [6, 6.07) is -0.232. The third-order valence-electron chi connectivity index (χ3n) is 1.83. The number of carbonyl (C=O) groups is 2. The molecule has 0 radical (unpaired) electrons. The first-order valence-electron chi connectivity index (χ1n) is 4.56. The maximum Gasteiger partial charge on any atom is 0.347 e. The van der Waals surface area contributed by atoms with Crippen molar-refractivity contribution in [2.24, 2.45) is 0 Å². The lowest BCUT2D eigenvalue weighted by molar-refractivity contribution is 0.0701. The minimum absolute atomic E-state index is 0.217. The van der Waals surface area contributed by atoms with E-state index in [1.807, 2.05) is 0 Å². The second-order valence-electron chi connectivity index (χ2n) is 3.38. The molecule has 0 aromatic carbocycles. The predicted molar refractivity (Wildman–Crippen MR) is 59.7 cm³/mol. The van der Waals surface area contributed by atoms with Crippen LogP contribution in [0.5, 0.6) is 0 Å². The minimum atomic E-state index is -0.986. The van der Waals surface area contributed by atoms with Gasteiger partial charge >= 0.3 is 12.0 Å². The van der Waals surface area contributed by atoms with E-state index in [9.17, 15) is 9.59 Å². The molecule has 1 rings (SSSR count). The number of thiazole rings is 1. The molecule has 0 aliphatic heterocycles. The van der Waals surface area contributed by atoms with Gasteiger partial charge in [-0.15, -0.1) is 11.3 Å². The van der Waals surface area contributed by atoms with Crippen LogP contribution in [0, 0.1) is 6.92 Å². The molecular formula is C9H13N3O3S. The molecule has 0 aliphatic rings. The molecule has 0 unspecified atom stereocenters. The van der Waals surface area contributed by atoms with Crippen LogP contribution in [0.2, 0.25) is 0 Å². The Hall–Kier alpha value is -1.63. The van der Waals surface area contributed by atoms with Crippen molar-refractivity contribution in [1.82, 2.24) is 15.2 Å². The van der Waals surface area contributed by atoms with Gasteiger partial charge in [-0.05, 0) is 6.92 Å². The second kappa shape index (κ2) is 4.93. The summed E-state index contributed by atoms with van der Waals surface area (Å²) < 4.78 is 0. The minimum Gasteiger partial charge on any atom is -0.477 e. The summed E-state index contributed by atoms with van der Waals surface area (Å²) in [5.41, 5.74) is 0.478. The highest BCUT2D eigenvalue weighted by Gasteiger charge is 2.14. The fourth-order valence-corrected chi connectivity index (χ4v) is 1.88. The summed E-state index contributed by atoms with van der Waals surface area (Å²) >= 11 is 1.08. The number of carbonyl (C=O) groups excluding carboxylic acids is 1. The molecule has 0 bridgehead atoms. The Morgan fingerprint density at radius 2 is 2.12 bits per heavy atom. The molecular weight excluding hydrogens is 230 g/mol. The van der Waals surface area contributed by atoms with Crippen molar-refractivity contribution in [3.63, 3.8) is 0 Å². The summed E-state index contributed by atoms with van der Waals surface area (Å²) in [5, 5.41) is 12.0. The Morgan fingerprint density at radius 3 is 2.56 bits per heavy atom. The maximum absolute atomic E-state index is 11.2. The van der Waals surface area contributed by atoms with Crippen LogP contribution in [0.25, 0.3) is 0 Å².